The Labute approximate surface area is 157 Å². The average molecular weight is 395 g/mol. The van der Waals surface area contributed by atoms with Gasteiger partial charge in [0, 0.05) is 17.1 Å². The molecule has 1 aliphatic heterocycles. The first-order chi connectivity index (χ1) is 12.3. The Morgan fingerprint density at radius 3 is 2.73 bits per heavy atom. The van der Waals surface area contributed by atoms with Gasteiger partial charge in [-0.25, -0.2) is 8.42 Å². The number of amides is 1. The number of sulfonamides is 1. The molecule has 26 heavy (non-hydrogen) atoms. The van der Waals surface area contributed by atoms with Crippen LogP contribution in [0.4, 0.5) is 11.4 Å². The number of benzene rings is 2. The third-order valence-corrected chi connectivity index (χ3v) is 5.66. The number of aryl methyl sites for hydroxylation is 1. The van der Waals surface area contributed by atoms with Crippen molar-refractivity contribution < 1.29 is 17.9 Å². The maximum Gasteiger partial charge on any atom is 0.265 e. The molecule has 1 atom stereocenters. The number of nitrogens with one attached hydrogen (secondary N) is 2. The fraction of sp³-hybridized carbons (Fsp3) is 0.278. The van der Waals surface area contributed by atoms with Gasteiger partial charge in [-0.2, -0.15) is 0 Å². The molecule has 6 nitrogen and oxygen atoms in total. The molecular weight excluding hydrogens is 376 g/mol. The first-order valence-corrected chi connectivity index (χ1v) is 10.2. The summed E-state index contributed by atoms with van der Waals surface area (Å²) >= 11 is 5.96. The number of ether oxygens (including phenoxy) is 1. The predicted octanol–water partition coefficient (Wildman–Crippen LogP) is 3.35. The van der Waals surface area contributed by atoms with E-state index in [-0.39, 0.29) is 11.7 Å². The minimum absolute atomic E-state index is 0.00543. The fourth-order valence-corrected chi connectivity index (χ4v) is 3.58. The Kier molecular flexibility index (Phi) is 5.11. The summed E-state index contributed by atoms with van der Waals surface area (Å²) in [5.41, 5.74) is 2.67. The van der Waals surface area contributed by atoms with Crippen LogP contribution in [-0.2, 0) is 21.2 Å². The van der Waals surface area contributed by atoms with Crippen LogP contribution in [0.5, 0.6) is 5.75 Å². The smallest absolute Gasteiger partial charge is 0.265 e. The van der Waals surface area contributed by atoms with Crippen molar-refractivity contribution in [3.05, 3.63) is 52.5 Å². The van der Waals surface area contributed by atoms with E-state index in [0.717, 1.165) is 5.56 Å². The first kappa shape index (κ1) is 18.5. The lowest BCUT2D eigenvalue weighted by Gasteiger charge is -2.14. The number of carbonyl (C=O) groups is 1. The summed E-state index contributed by atoms with van der Waals surface area (Å²) in [5.74, 6) is 0.391. The standard InChI is InChI=1S/C18H19ClN2O4S/c1-3-26(23,24)21-15-6-5-14(8-11(15)2)20-18(22)17-10-12-9-13(19)4-7-16(12)25-17/h4-9,17,21H,3,10H2,1-2H3,(H,20,22). The highest BCUT2D eigenvalue weighted by molar-refractivity contribution is 7.92. The quantitative estimate of drug-likeness (QED) is 0.814. The topological polar surface area (TPSA) is 84.5 Å². The van der Waals surface area contributed by atoms with Crippen LogP contribution >= 0.6 is 11.6 Å². The monoisotopic (exact) mass is 394 g/mol. The molecule has 1 aliphatic rings. The molecular formula is C18H19ClN2O4S. The van der Waals surface area contributed by atoms with E-state index in [1.54, 1.807) is 50.2 Å². The highest BCUT2D eigenvalue weighted by Gasteiger charge is 2.29. The molecule has 0 bridgehead atoms. The minimum atomic E-state index is -3.35. The second-order valence-electron chi connectivity index (χ2n) is 6.09. The van der Waals surface area contributed by atoms with E-state index in [1.807, 2.05) is 0 Å². The van der Waals surface area contributed by atoms with Crippen molar-refractivity contribution >= 4 is 38.9 Å². The molecule has 1 heterocycles. The molecule has 0 saturated heterocycles. The van der Waals surface area contributed by atoms with Gasteiger partial charge in [-0.15, -0.1) is 0 Å². The molecule has 2 aromatic carbocycles. The summed E-state index contributed by atoms with van der Waals surface area (Å²) < 4.78 is 31.5. The molecule has 0 spiro atoms. The van der Waals surface area contributed by atoms with Gasteiger partial charge in [0.15, 0.2) is 6.10 Å². The van der Waals surface area contributed by atoms with Gasteiger partial charge in [-0.1, -0.05) is 11.6 Å². The summed E-state index contributed by atoms with van der Waals surface area (Å²) in [6, 6.07) is 10.3. The molecule has 2 N–H and O–H groups in total. The zero-order chi connectivity index (χ0) is 18.9. The number of halogens is 1. The molecule has 1 amide bonds. The number of carbonyl (C=O) groups excluding carboxylic acids is 1. The summed E-state index contributed by atoms with van der Waals surface area (Å²) in [5, 5.41) is 3.41. The lowest BCUT2D eigenvalue weighted by atomic mass is 10.1. The maximum absolute atomic E-state index is 12.5. The molecule has 3 rings (SSSR count). The second kappa shape index (κ2) is 7.17. The van der Waals surface area contributed by atoms with Crippen LogP contribution in [0, 0.1) is 6.92 Å². The molecule has 1 unspecified atom stereocenters. The Balaban J connectivity index is 1.68. The number of rotatable bonds is 5. The van der Waals surface area contributed by atoms with Gasteiger partial charge < -0.3 is 10.1 Å². The lowest BCUT2D eigenvalue weighted by Crippen LogP contribution is -2.31. The summed E-state index contributed by atoms with van der Waals surface area (Å²) in [6.45, 7) is 3.34. The average Bonchev–Trinajstić information content (AvgIpc) is 3.00. The predicted molar refractivity (Wildman–Crippen MR) is 102 cm³/mol. The van der Waals surface area contributed by atoms with Crippen molar-refractivity contribution in [3.63, 3.8) is 0 Å². The summed E-state index contributed by atoms with van der Waals surface area (Å²) in [7, 11) is -3.35. The summed E-state index contributed by atoms with van der Waals surface area (Å²) in [4.78, 5) is 12.5. The van der Waals surface area contributed by atoms with E-state index in [9.17, 15) is 13.2 Å². The third-order valence-electron chi connectivity index (χ3n) is 4.13. The second-order valence-corrected chi connectivity index (χ2v) is 8.53. The number of anilines is 2. The highest BCUT2D eigenvalue weighted by Crippen LogP contribution is 2.31. The lowest BCUT2D eigenvalue weighted by molar-refractivity contribution is -0.122. The maximum atomic E-state index is 12.5. The van der Waals surface area contributed by atoms with Gasteiger partial charge in [0.25, 0.3) is 5.91 Å². The SMILES string of the molecule is CCS(=O)(=O)Nc1ccc(NC(=O)C2Cc3cc(Cl)ccc3O2)cc1C. The molecule has 0 aliphatic carbocycles. The van der Waals surface area contributed by atoms with E-state index >= 15 is 0 Å². The zero-order valence-corrected chi connectivity index (χ0v) is 15.9. The van der Waals surface area contributed by atoms with Crippen molar-refractivity contribution in [2.24, 2.45) is 0 Å². The fourth-order valence-electron chi connectivity index (χ4n) is 2.68. The first-order valence-electron chi connectivity index (χ1n) is 8.14. The van der Waals surface area contributed by atoms with Gasteiger partial charge in [-0.3, -0.25) is 9.52 Å². The molecule has 0 fully saturated rings. The minimum Gasteiger partial charge on any atom is -0.480 e. The van der Waals surface area contributed by atoms with Gasteiger partial charge in [0.1, 0.15) is 5.75 Å². The van der Waals surface area contributed by atoms with Crippen molar-refractivity contribution in [3.8, 4) is 5.75 Å². The Morgan fingerprint density at radius 2 is 2.04 bits per heavy atom. The van der Waals surface area contributed by atoms with Crippen molar-refractivity contribution in [1.82, 2.24) is 0 Å². The molecule has 0 aromatic heterocycles. The normalized spacial score (nSPS) is 15.9. The van der Waals surface area contributed by atoms with Crippen LogP contribution in [0.1, 0.15) is 18.1 Å². The highest BCUT2D eigenvalue weighted by atomic mass is 35.5. The Hall–Kier alpha value is -2.25. The van der Waals surface area contributed by atoms with E-state index in [2.05, 4.69) is 10.0 Å². The van der Waals surface area contributed by atoms with E-state index < -0.39 is 16.1 Å². The molecule has 0 radical (unpaired) electrons. The Morgan fingerprint density at radius 1 is 1.27 bits per heavy atom. The molecule has 138 valence electrons. The van der Waals surface area contributed by atoms with Crippen LogP contribution in [0.2, 0.25) is 5.02 Å². The molecule has 8 heteroatoms. The number of hydrogen-bond donors (Lipinski definition) is 2. The van der Waals surface area contributed by atoms with Crippen molar-refractivity contribution in [2.75, 3.05) is 15.8 Å². The van der Waals surface area contributed by atoms with Crippen LogP contribution in [0.25, 0.3) is 0 Å². The largest absolute Gasteiger partial charge is 0.480 e. The van der Waals surface area contributed by atoms with Crippen molar-refractivity contribution in [1.29, 1.82) is 0 Å². The Bertz CT molecular complexity index is 960. The van der Waals surface area contributed by atoms with Gasteiger partial charge >= 0.3 is 0 Å². The zero-order valence-electron chi connectivity index (χ0n) is 14.4. The third kappa shape index (κ3) is 4.11. The van der Waals surface area contributed by atoms with Crippen LogP contribution in [-0.4, -0.2) is 26.2 Å². The van der Waals surface area contributed by atoms with Crippen LogP contribution in [0.3, 0.4) is 0 Å². The van der Waals surface area contributed by atoms with Crippen LogP contribution < -0.4 is 14.8 Å². The number of hydrogen-bond acceptors (Lipinski definition) is 4. The molecule has 2 aromatic rings. The summed E-state index contributed by atoms with van der Waals surface area (Å²) in [6.07, 6.45) is -0.170. The van der Waals surface area contributed by atoms with E-state index in [4.69, 9.17) is 16.3 Å². The van der Waals surface area contributed by atoms with Gasteiger partial charge in [0.2, 0.25) is 10.0 Å². The number of fused-ring (bicyclic) bond motifs is 1. The van der Waals surface area contributed by atoms with E-state index in [1.165, 1.54) is 0 Å². The van der Waals surface area contributed by atoms with Crippen molar-refractivity contribution in [2.45, 2.75) is 26.4 Å². The van der Waals surface area contributed by atoms with Gasteiger partial charge in [0.05, 0.1) is 11.4 Å². The van der Waals surface area contributed by atoms with Gasteiger partial charge in [-0.05, 0) is 61.4 Å². The molecule has 0 saturated carbocycles. The van der Waals surface area contributed by atoms with Crippen LogP contribution in [0.15, 0.2) is 36.4 Å². The van der Waals surface area contributed by atoms with E-state index in [0.29, 0.717) is 34.1 Å².